The highest BCUT2D eigenvalue weighted by atomic mass is 19.4. The largest absolute Gasteiger partial charge is 0.419 e. The molecule has 3 aromatic rings. The van der Waals surface area contributed by atoms with E-state index in [-0.39, 0.29) is 16.9 Å². The maximum Gasteiger partial charge on any atom is 0.419 e. The Balaban J connectivity index is 1.41. The molecule has 1 aromatic heterocycles. The number of piperazine rings is 1. The molecule has 1 fully saturated rings. The van der Waals surface area contributed by atoms with E-state index in [0.717, 1.165) is 29.1 Å². The smallest absolute Gasteiger partial charge is 0.367 e. The predicted octanol–water partition coefficient (Wildman–Crippen LogP) is 4.42. The topological polar surface area (TPSA) is 80.7 Å². The van der Waals surface area contributed by atoms with Crippen molar-refractivity contribution in [2.45, 2.75) is 26.9 Å². The Labute approximate surface area is 235 Å². The van der Waals surface area contributed by atoms with Gasteiger partial charge in [-0.1, -0.05) is 13.0 Å². The monoisotopic (exact) mass is 572 g/mol. The lowest BCUT2D eigenvalue weighted by Crippen LogP contribution is -2.46. The van der Waals surface area contributed by atoms with Crippen molar-refractivity contribution in [1.29, 1.82) is 0 Å². The van der Waals surface area contributed by atoms with Gasteiger partial charge in [-0.3, -0.25) is 14.5 Å². The number of aryl methyl sites for hydroxylation is 2. The maximum absolute atomic E-state index is 15.1. The van der Waals surface area contributed by atoms with Crippen molar-refractivity contribution in [3.05, 3.63) is 76.5 Å². The van der Waals surface area contributed by atoms with Crippen LogP contribution in [-0.2, 0) is 13.2 Å². The third kappa shape index (κ3) is 5.72. The first-order chi connectivity index (χ1) is 19.5. The van der Waals surface area contributed by atoms with E-state index in [1.54, 1.807) is 39.0 Å². The van der Waals surface area contributed by atoms with E-state index in [4.69, 9.17) is 0 Å². The Morgan fingerprint density at radius 2 is 1.80 bits per heavy atom. The van der Waals surface area contributed by atoms with Gasteiger partial charge in [0, 0.05) is 61.9 Å². The number of hydrogen-bond acceptors (Lipinski definition) is 7. The van der Waals surface area contributed by atoms with E-state index in [1.165, 1.54) is 6.07 Å². The number of rotatable bonds is 6. The second-order valence-corrected chi connectivity index (χ2v) is 10.1. The van der Waals surface area contributed by atoms with Gasteiger partial charge < -0.3 is 20.5 Å². The number of likely N-dealkylation sites (N-methyl/N-ethyl adjacent to an activating group) is 1. The van der Waals surface area contributed by atoms with E-state index in [9.17, 15) is 18.0 Å². The molecule has 0 radical (unpaired) electrons. The van der Waals surface area contributed by atoms with Crippen LogP contribution in [0.5, 0.6) is 0 Å². The van der Waals surface area contributed by atoms with Crippen molar-refractivity contribution >= 4 is 28.7 Å². The molecular weight excluding hydrogens is 540 g/mol. The van der Waals surface area contributed by atoms with Gasteiger partial charge in [-0.25, -0.2) is 4.39 Å². The molecule has 2 aromatic carbocycles. The molecule has 0 saturated carbocycles. The second kappa shape index (κ2) is 11.1. The zero-order valence-corrected chi connectivity index (χ0v) is 23.2. The fraction of sp³-hybridized carbons (Fsp3) is 0.357. The first kappa shape index (κ1) is 28.4. The molecular formula is C28H32F4N8O. The minimum atomic E-state index is -4.92. The van der Waals surface area contributed by atoms with Crippen molar-refractivity contribution in [3.63, 3.8) is 0 Å². The van der Waals surface area contributed by atoms with Crippen LogP contribution in [0.2, 0.25) is 0 Å². The molecule has 1 amide bonds. The van der Waals surface area contributed by atoms with E-state index < -0.39 is 23.5 Å². The lowest BCUT2D eigenvalue weighted by atomic mass is 10.1. The van der Waals surface area contributed by atoms with E-state index in [1.807, 2.05) is 34.0 Å². The summed E-state index contributed by atoms with van der Waals surface area (Å²) in [5.41, 5.74) is 8.79. The van der Waals surface area contributed by atoms with Gasteiger partial charge in [-0.2, -0.15) is 18.3 Å². The third-order valence-corrected chi connectivity index (χ3v) is 7.60. The Hall–Kier alpha value is -4.10. The summed E-state index contributed by atoms with van der Waals surface area (Å²) in [5, 5.41) is 8.53. The number of alkyl halides is 3. The molecule has 0 bridgehead atoms. The SMILES string of the molecule is CCN1CCN(c2cc(NC(=O)c3ccc(C)c(N4C=C(c5cnn(C)c5C)NN4)c3)cc(C(F)(F)F)c2F)CC1. The zero-order valence-electron chi connectivity index (χ0n) is 23.2. The van der Waals surface area contributed by atoms with Gasteiger partial charge in [0.1, 0.15) is 0 Å². The van der Waals surface area contributed by atoms with Crippen LogP contribution in [0.4, 0.5) is 34.6 Å². The zero-order chi connectivity index (χ0) is 29.5. The summed E-state index contributed by atoms with van der Waals surface area (Å²) in [5.74, 6) is -1.95. The average molecular weight is 573 g/mol. The number of nitrogens with one attached hydrogen (secondary N) is 3. The molecule has 9 nitrogen and oxygen atoms in total. The summed E-state index contributed by atoms with van der Waals surface area (Å²) in [6.07, 6.45) is -1.35. The summed E-state index contributed by atoms with van der Waals surface area (Å²) >= 11 is 0. The van der Waals surface area contributed by atoms with Crippen LogP contribution in [-0.4, -0.2) is 53.3 Å². The van der Waals surface area contributed by atoms with Crippen molar-refractivity contribution in [2.75, 3.05) is 47.9 Å². The lowest BCUT2D eigenvalue weighted by molar-refractivity contribution is -0.139. The van der Waals surface area contributed by atoms with Crippen LogP contribution in [0.25, 0.3) is 5.70 Å². The number of halogens is 4. The van der Waals surface area contributed by atoms with Crippen LogP contribution >= 0.6 is 0 Å². The molecule has 1 saturated heterocycles. The van der Waals surface area contributed by atoms with Crippen molar-refractivity contribution in [3.8, 4) is 0 Å². The average Bonchev–Trinajstić information content (AvgIpc) is 3.55. The van der Waals surface area contributed by atoms with Crippen LogP contribution in [0.3, 0.4) is 0 Å². The number of anilines is 3. The van der Waals surface area contributed by atoms with Crippen LogP contribution < -0.4 is 26.2 Å². The van der Waals surface area contributed by atoms with Crippen LogP contribution in [0.15, 0.2) is 42.7 Å². The molecule has 3 heterocycles. The van der Waals surface area contributed by atoms with Crippen LogP contribution in [0, 0.1) is 19.7 Å². The standard InChI is InChI=1S/C28H32F4N8O/c1-5-38-8-10-39(11-9-38)25-14-20(13-22(26(25)29)28(30,31)32)34-27(41)19-7-6-17(2)24(12-19)40-16-23(35-36-40)21-15-33-37(4)18(21)3/h6-7,12-16,35-36H,5,8-11H2,1-4H3,(H,34,41). The van der Waals surface area contributed by atoms with Gasteiger partial charge in [0.2, 0.25) is 0 Å². The highest BCUT2D eigenvalue weighted by Crippen LogP contribution is 2.38. The number of hydrogen-bond donors (Lipinski definition) is 3. The van der Waals surface area contributed by atoms with Crippen LogP contribution in [0.1, 0.15) is 39.7 Å². The Morgan fingerprint density at radius 1 is 1.07 bits per heavy atom. The summed E-state index contributed by atoms with van der Waals surface area (Å²) < 4.78 is 58.2. The Morgan fingerprint density at radius 3 is 2.44 bits per heavy atom. The van der Waals surface area contributed by atoms with Crippen molar-refractivity contribution < 1.29 is 22.4 Å². The van der Waals surface area contributed by atoms with Gasteiger partial charge in [-0.05, 0) is 50.2 Å². The first-order valence-corrected chi connectivity index (χ1v) is 13.3. The van der Waals surface area contributed by atoms with Gasteiger partial charge in [0.05, 0.1) is 28.8 Å². The first-order valence-electron chi connectivity index (χ1n) is 13.3. The summed E-state index contributed by atoms with van der Waals surface area (Å²) in [4.78, 5) is 17.0. The highest BCUT2D eigenvalue weighted by molar-refractivity contribution is 6.05. The molecule has 41 heavy (non-hydrogen) atoms. The number of benzene rings is 2. The van der Waals surface area contributed by atoms with Gasteiger partial charge >= 0.3 is 6.18 Å². The van der Waals surface area contributed by atoms with Crippen molar-refractivity contribution in [1.82, 2.24) is 25.6 Å². The number of aromatic nitrogens is 2. The second-order valence-electron chi connectivity index (χ2n) is 10.1. The minimum Gasteiger partial charge on any atom is -0.367 e. The molecule has 218 valence electrons. The molecule has 0 atom stereocenters. The fourth-order valence-corrected chi connectivity index (χ4v) is 4.98. The maximum atomic E-state index is 15.1. The van der Waals surface area contributed by atoms with Gasteiger partial charge in [0.15, 0.2) is 5.82 Å². The number of hydrazine groups is 2. The molecule has 5 rings (SSSR count). The fourth-order valence-electron chi connectivity index (χ4n) is 4.98. The third-order valence-electron chi connectivity index (χ3n) is 7.60. The van der Waals surface area contributed by atoms with Gasteiger partial charge in [-0.15, -0.1) is 5.53 Å². The lowest BCUT2D eigenvalue weighted by Gasteiger charge is -2.36. The van der Waals surface area contributed by atoms with E-state index >= 15 is 4.39 Å². The van der Waals surface area contributed by atoms with E-state index in [0.29, 0.717) is 37.9 Å². The molecule has 2 aliphatic heterocycles. The predicted molar refractivity (Wildman–Crippen MR) is 150 cm³/mol. The number of amides is 1. The number of carbonyl (C=O) groups excluding carboxylic acids is 1. The molecule has 0 unspecified atom stereocenters. The normalized spacial score (nSPS) is 16.1. The molecule has 3 N–H and O–H groups in total. The molecule has 0 spiro atoms. The summed E-state index contributed by atoms with van der Waals surface area (Å²) in [6.45, 7) is 8.60. The highest BCUT2D eigenvalue weighted by Gasteiger charge is 2.37. The quantitative estimate of drug-likeness (QED) is 0.378. The molecule has 2 aliphatic rings. The molecule has 0 aliphatic carbocycles. The van der Waals surface area contributed by atoms with Crippen molar-refractivity contribution in [2.24, 2.45) is 7.05 Å². The summed E-state index contributed by atoms with van der Waals surface area (Å²) in [7, 11) is 1.85. The molecule has 13 heteroatoms. The Bertz CT molecular complexity index is 1490. The number of carbonyl (C=O) groups is 1. The number of nitrogens with zero attached hydrogens (tertiary/aromatic N) is 5. The summed E-state index contributed by atoms with van der Waals surface area (Å²) in [6, 6.07) is 6.89. The van der Waals surface area contributed by atoms with E-state index in [2.05, 4.69) is 26.3 Å². The minimum absolute atomic E-state index is 0.131. The Kier molecular flexibility index (Phi) is 7.66. The van der Waals surface area contributed by atoms with Gasteiger partial charge in [0.25, 0.3) is 5.91 Å².